The molecule has 1 aromatic carbocycles. The van der Waals surface area contributed by atoms with E-state index in [2.05, 4.69) is 10.2 Å². The van der Waals surface area contributed by atoms with E-state index in [9.17, 15) is 13.6 Å². The Kier molecular flexibility index (Phi) is 5.42. The second-order valence-electron chi connectivity index (χ2n) is 7.88. The van der Waals surface area contributed by atoms with E-state index >= 15 is 0 Å². The average Bonchev–Trinajstić information content (AvgIpc) is 3.43. The Hall–Kier alpha value is -1.92. The molecule has 4 rings (SSSR count). The maximum Gasteiger partial charge on any atom is 0.284 e. The first-order valence-corrected chi connectivity index (χ1v) is 10.3. The Morgan fingerprint density at radius 2 is 2.07 bits per heavy atom. The first-order valence-electron chi connectivity index (χ1n) is 9.71. The molecule has 2 fully saturated rings. The molecule has 0 amide bonds. The normalized spacial score (nSPS) is 26.9. The summed E-state index contributed by atoms with van der Waals surface area (Å²) in [7, 11) is 3.42. The van der Waals surface area contributed by atoms with Crippen molar-refractivity contribution in [3.63, 3.8) is 0 Å². The third-order valence-electron chi connectivity index (χ3n) is 6.05. The number of carbonyl (C=O) groups excluding carboxylic acids is 1. The van der Waals surface area contributed by atoms with Crippen molar-refractivity contribution in [1.82, 2.24) is 14.8 Å². The second-order valence-corrected chi connectivity index (χ2v) is 8.61. The van der Waals surface area contributed by atoms with Gasteiger partial charge < -0.3 is 18.8 Å². The van der Waals surface area contributed by atoms with Crippen LogP contribution in [0.15, 0.2) is 24.3 Å². The zero-order valence-electron chi connectivity index (χ0n) is 16.2. The van der Waals surface area contributed by atoms with Crippen LogP contribution >= 0.6 is 9.24 Å². The highest BCUT2D eigenvalue weighted by Crippen LogP contribution is 2.45. The van der Waals surface area contributed by atoms with Crippen molar-refractivity contribution < 1.29 is 23.0 Å². The van der Waals surface area contributed by atoms with Gasteiger partial charge in [-0.25, -0.2) is 0 Å². The highest BCUT2D eigenvalue weighted by atomic mass is 31.0. The molecule has 1 saturated heterocycles. The molecule has 2 aromatic rings. The van der Waals surface area contributed by atoms with Crippen LogP contribution in [0.3, 0.4) is 0 Å². The summed E-state index contributed by atoms with van der Waals surface area (Å²) >= 11 is 0. The highest BCUT2D eigenvalue weighted by molar-refractivity contribution is 7.17. The Balaban J connectivity index is 1.38. The fourth-order valence-electron chi connectivity index (χ4n) is 4.12. The lowest BCUT2D eigenvalue weighted by Crippen LogP contribution is -2.30. The number of aldehydes is 1. The molecule has 2 atom stereocenters. The molecule has 156 valence electrons. The van der Waals surface area contributed by atoms with Gasteiger partial charge in [0.05, 0.1) is 6.61 Å². The van der Waals surface area contributed by atoms with Crippen LogP contribution in [-0.4, -0.2) is 33.3 Å². The van der Waals surface area contributed by atoms with Gasteiger partial charge in [-0.2, -0.15) is 8.78 Å². The highest BCUT2D eigenvalue weighted by Gasteiger charge is 2.52. The molecule has 0 N–H and O–H groups in total. The van der Waals surface area contributed by atoms with Gasteiger partial charge in [-0.1, -0.05) is 21.4 Å². The van der Waals surface area contributed by atoms with E-state index in [1.54, 1.807) is 12.1 Å². The van der Waals surface area contributed by atoms with Gasteiger partial charge in [0.2, 0.25) is 0 Å². The molecule has 2 unspecified atom stereocenters. The van der Waals surface area contributed by atoms with Crippen molar-refractivity contribution in [2.24, 2.45) is 13.0 Å². The molecule has 6 nitrogen and oxygen atoms in total. The summed E-state index contributed by atoms with van der Waals surface area (Å²) in [6, 6.07) is 5.87. The number of epoxide rings is 1. The predicted octanol–water partition coefficient (Wildman–Crippen LogP) is 3.56. The number of benzene rings is 1. The average molecular weight is 423 g/mol. The number of nitrogens with zero attached hydrogens (tertiary/aromatic N) is 3. The largest absolute Gasteiger partial charge is 0.486 e. The van der Waals surface area contributed by atoms with Gasteiger partial charge in [-0.15, -0.1) is 10.2 Å². The fraction of sp³-hybridized carbons (Fsp3) is 0.550. The van der Waals surface area contributed by atoms with Crippen LogP contribution in [0.5, 0.6) is 5.75 Å². The van der Waals surface area contributed by atoms with Crippen molar-refractivity contribution in [1.29, 1.82) is 0 Å². The van der Waals surface area contributed by atoms with Crippen molar-refractivity contribution >= 4 is 15.5 Å². The summed E-state index contributed by atoms with van der Waals surface area (Å²) in [6.45, 7) is 0.688. The lowest BCUT2D eigenvalue weighted by Gasteiger charge is -2.29. The van der Waals surface area contributed by atoms with Crippen molar-refractivity contribution in [3.05, 3.63) is 41.5 Å². The number of ether oxygens (including phenoxy) is 2. The summed E-state index contributed by atoms with van der Waals surface area (Å²) in [5, 5.41) is 8.57. The van der Waals surface area contributed by atoms with Crippen molar-refractivity contribution in [3.8, 4) is 5.75 Å². The summed E-state index contributed by atoms with van der Waals surface area (Å²) in [6.07, 6.45) is 4.68. The van der Waals surface area contributed by atoms with Gasteiger partial charge in [0, 0.05) is 18.5 Å². The van der Waals surface area contributed by atoms with E-state index in [1.165, 1.54) is 21.4 Å². The van der Waals surface area contributed by atoms with Gasteiger partial charge >= 0.3 is 0 Å². The molecular formula is C20H24F2N3O3P. The van der Waals surface area contributed by atoms with Crippen molar-refractivity contribution in [2.75, 3.05) is 6.61 Å². The number of hydrogen-bond donors (Lipinski definition) is 0. The van der Waals surface area contributed by atoms with Gasteiger partial charge in [-0.3, -0.25) is 0 Å². The Morgan fingerprint density at radius 3 is 2.69 bits per heavy atom. The zero-order valence-corrected chi connectivity index (χ0v) is 17.3. The number of rotatable bonds is 7. The minimum Gasteiger partial charge on any atom is -0.486 e. The molecule has 1 aromatic heterocycles. The lowest BCUT2D eigenvalue weighted by atomic mass is 9.76. The fourth-order valence-corrected chi connectivity index (χ4v) is 4.30. The van der Waals surface area contributed by atoms with E-state index < -0.39 is 11.3 Å². The quantitative estimate of drug-likeness (QED) is 0.387. The third-order valence-corrected chi connectivity index (χ3v) is 6.38. The maximum atomic E-state index is 13.5. The molecule has 2 heterocycles. The smallest absolute Gasteiger partial charge is 0.284 e. The van der Waals surface area contributed by atoms with Crippen LogP contribution < -0.4 is 4.74 Å². The molecule has 0 bridgehead atoms. The third kappa shape index (κ3) is 4.19. The summed E-state index contributed by atoms with van der Waals surface area (Å²) in [5.41, 5.74) is -3.65. The Morgan fingerprint density at radius 1 is 1.34 bits per heavy atom. The van der Waals surface area contributed by atoms with Crippen LogP contribution in [0.25, 0.3) is 0 Å². The van der Waals surface area contributed by atoms with Crippen LogP contribution in [0.2, 0.25) is 0 Å². The first-order chi connectivity index (χ1) is 13.8. The summed E-state index contributed by atoms with van der Waals surface area (Å²) in [5.74, 6) is 2.45. The van der Waals surface area contributed by atoms with E-state index in [-0.39, 0.29) is 24.0 Å². The summed E-state index contributed by atoms with van der Waals surface area (Å²) < 4.78 is 39.9. The van der Waals surface area contributed by atoms with Gasteiger partial charge in [0.1, 0.15) is 23.8 Å². The number of halogens is 2. The molecule has 9 heteroatoms. The number of carbonyl (C=O) groups is 1. The minimum atomic E-state index is -3.00. The maximum absolute atomic E-state index is 13.5. The topological polar surface area (TPSA) is 69.5 Å². The Labute approximate surface area is 170 Å². The molecule has 1 aliphatic carbocycles. The molecule has 1 aliphatic heterocycles. The van der Waals surface area contributed by atoms with Gasteiger partial charge in [0.25, 0.3) is 5.66 Å². The van der Waals surface area contributed by atoms with Crippen LogP contribution in [0.4, 0.5) is 8.78 Å². The summed E-state index contributed by atoms with van der Waals surface area (Å²) in [4.78, 5) is 11.3. The van der Waals surface area contributed by atoms with E-state index in [0.717, 1.165) is 37.8 Å². The first kappa shape index (κ1) is 20.4. The molecular weight excluding hydrogens is 399 g/mol. The molecule has 0 radical (unpaired) electrons. The monoisotopic (exact) mass is 423 g/mol. The van der Waals surface area contributed by atoms with Crippen LogP contribution in [-0.2, 0) is 28.8 Å². The molecule has 29 heavy (non-hydrogen) atoms. The van der Waals surface area contributed by atoms with Gasteiger partial charge in [0.15, 0.2) is 12.1 Å². The predicted molar refractivity (Wildman–Crippen MR) is 105 cm³/mol. The molecule has 1 saturated carbocycles. The van der Waals surface area contributed by atoms with Gasteiger partial charge in [-0.05, 0) is 43.7 Å². The van der Waals surface area contributed by atoms with Crippen LogP contribution in [0, 0.1) is 5.92 Å². The zero-order chi connectivity index (χ0) is 20.6. The number of alkyl halides is 2. The molecule has 0 spiro atoms. The number of aromatic nitrogens is 3. The van der Waals surface area contributed by atoms with Crippen LogP contribution in [0.1, 0.15) is 48.8 Å². The van der Waals surface area contributed by atoms with E-state index in [1.807, 2.05) is 11.6 Å². The van der Waals surface area contributed by atoms with E-state index in [4.69, 9.17) is 9.47 Å². The van der Waals surface area contributed by atoms with E-state index in [0.29, 0.717) is 18.2 Å². The van der Waals surface area contributed by atoms with Crippen molar-refractivity contribution in [2.45, 2.75) is 49.5 Å². The number of hydrogen-bond acceptors (Lipinski definition) is 5. The minimum absolute atomic E-state index is 0.122. The second kappa shape index (κ2) is 7.73. The lowest BCUT2D eigenvalue weighted by molar-refractivity contribution is -0.114. The Bertz CT molecular complexity index is 887. The molecule has 2 aliphatic rings. The standard InChI is InChI=1S/C20H24F2N3O3P/c1-25-17(10-27-16-4-2-3-15(9-16)20(21,22)29)23-24-18(25)13-5-7-14(8-6-13)19(11-26)12-28-19/h2-4,9,11,13-14H,5-8,10,12,29H2,1H3. The SMILES string of the molecule is Cn1c(COc2cccc(C(F)(F)P)c2)nnc1C1CCC(C2(C=O)CO2)CC1.